The minimum absolute atomic E-state index is 0.0590. The molecular formula is C23H21N3O2S2. The first kappa shape index (κ1) is 20.4. The van der Waals surface area contributed by atoms with Crippen molar-refractivity contribution in [2.45, 2.75) is 25.5 Å². The third-order valence-corrected chi connectivity index (χ3v) is 6.75. The van der Waals surface area contributed by atoms with E-state index in [1.807, 2.05) is 74.5 Å². The molecule has 4 rings (SSSR count). The fourth-order valence-corrected chi connectivity index (χ4v) is 5.09. The Morgan fingerprint density at radius 3 is 2.67 bits per heavy atom. The van der Waals surface area contributed by atoms with Crippen LogP contribution in [0.2, 0.25) is 0 Å². The summed E-state index contributed by atoms with van der Waals surface area (Å²) in [6, 6.07) is 19.6. The molecule has 0 fully saturated rings. The smallest absolute Gasteiger partial charge is 0.272 e. The number of thioether (sulfide) groups is 1. The minimum Gasteiger partial charge on any atom is -0.325 e. The Bertz CT molecular complexity index is 1260. The normalized spacial score (nSPS) is 11.0. The molecule has 2 heterocycles. The number of aryl methyl sites for hydroxylation is 1. The van der Waals surface area contributed by atoms with Gasteiger partial charge in [-0.2, -0.15) is 0 Å². The molecule has 7 heteroatoms. The number of amides is 1. The highest BCUT2D eigenvalue weighted by atomic mass is 32.2. The van der Waals surface area contributed by atoms with Crippen molar-refractivity contribution in [1.29, 1.82) is 0 Å². The van der Waals surface area contributed by atoms with E-state index in [1.54, 1.807) is 4.57 Å². The van der Waals surface area contributed by atoms with E-state index in [4.69, 9.17) is 4.98 Å². The van der Waals surface area contributed by atoms with Crippen LogP contribution in [0.5, 0.6) is 0 Å². The number of aromatic nitrogens is 2. The van der Waals surface area contributed by atoms with Crippen molar-refractivity contribution in [2.75, 3.05) is 11.1 Å². The SMILES string of the molecule is CCn1c(SCC(=O)Nc2cccc(C)c2)nc2cc(-c3ccccc3)sc2c1=O. The maximum absolute atomic E-state index is 13.0. The minimum atomic E-state index is -0.127. The summed E-state index contributed by atoms with van der Waals surface area (Å²) >= 11 is 2.74. The molecule has 0 radical (unpaired) electrons. The Morgan fingerprint density at radius 2 is 1.93 bits per heavy atom. The number of hydrogen-bond donors (Lipinski definition) is 1. The molecule has 5 nitrogen and oxygen atoms in total. The molecule has 4 aromatic rings. The Kier molecular flexibility index (Phi) is 6.01. The standard InChI is InChI=1S/C23H21N3O2S2/c1-3-26-22(28)21-18(13-19(30-21)16-9-5-4-6-10-16)25-23(26)29-14-20(27)24-17-11-7-8-15(2)12-17/h4-13H,3,14H2,1-2H3,(H,24,27). The molecule has 30 heavy (non-hydrogen) atoms. The van der Waals surface area contributed by atoms with Gasteiger partial charge in [0, 0.05) is 17.1 Å². The fourth-order valence-electron chi connectivity index (χ4n) is 3.17. The zero-order chi connectivity index (χ0) is 21.1. The number of carbonyl (C=O) groups excluding carboxylic acids is 1. The van der Waals surface area contributed by atoms with Crippen molar-refractivity contribution in [1.82, 2.24) is 9.55 Å². The van der Waals surface area contributed by atoms with Gasteiger partial charge in [-0.15, -0.1) is 11.3 Å². The molecule has 1 amide bonds. The number of hydrogen-bond acceptors (Lipinski definition) is 5. The molecule has 2 aromatic heterocycles. The summed E-state index contributed by atoms with van der Waals surface area (Å²) < 4.78 is 2.28. The van der Waals surface area contributed by atoms with Crippen LogP contribution in [-0.2, 0) is 11.3 Å². The lowest BCUT2D eigenvalue weighted by molar-refractivity contribution is -0.113. The van der Waals surface area contributed by atoms with Crippen molar-refractivity contribution in [2.24, 2.45) is 0 Å². The number of thiophene rings is 1. The van der Waals surface area contributed by atoms with Gasteiger partial charge in [-0.1, -0.05) is 54.2 Å². The summed E-state index contributed by atoms with van der Waals surface area (Å²) in [7, 11) is 0. The molecule has 0 bridgehead atoms. The number of benzene rings is 2. The first-order valence-corrected chi connectivity index (χ1v) is 11.4. The van der Waals surface area contributed by atoms with Crippen LogP contribution in [0.1, 0.15) is 12.5 Å². The van der Waals surface area contributed by atoms with Gasteiger partial charge < -0.3 is 5.32 Å². The summed E-state index contributed by atoms with van der Waals surface area (Å²) in [5.74, 6) is 0.0552. The Balaban J connectivity index is 1.59. The Morgan fingerprint density at radius 1 is 1.13 bits per heavy atom. The quantitative estimate of drug-likeness (QED) is 0.335. The Hall–Kier alpha value is -2.90. The van der Waals surface area contributed by atoms with Gasteiger partial charge in [-0.05, 0) is 43.2 Å². The zero-order valence-electron chi connectivity index (χ0n) is 16.7. The topological polar surface area (TPSA) is 64.0 Å². The number of anilines is 1. The van der Waals surface area contributed by atoms with Crippen molar-refractivity contribution in [3.63, 3.8) is 0 Å². The summed E-state index contributed by atoms with van der Waals surface area (Å²) in [6.07, 6.45) is 0. The summed E-state index contributed by atoms with van der Waals surface area (Å²) in [5, 5.41) is 3.46. The molecule has 0 saturated carbocycles. The van der Waals surface area contributed by atoms with E-state index in [0.29, 0.717) is 21.9 Å². The van der Waals surface area contributed by atoms with Crippen LogP contribution in [0, 0.1) is 6.92 Å². The van der Waals surface area contributed by atoms with E-state index in [-0.39, 0.29) is 17.2 Å². The van der Waals surface area contributed by atoms with E-state index < -0.39 is 0 Å². The molecular weight excluding hydrogens is 414 g/mol. The molecule has 152 valence electrons. The van der Waals surface area contributed by atoms with E-state index in [9.17, 15) is 9.59 Å². The lowest BCUT2D eigenvalue weighted by Gasteiger charge is -2.10. The second kappa shape index (κ2) is 8.85. The lowest BCUT2D eigenvalue weighted by Crippen LogP contribution is -2.22. The second-order valence-corrected chi connectivity index (χ2v) is 8.84. The third-order valence-electron chi connectivity index (χ3n) is 4.61. The van der Waals surface area contributed by atoms with Gasteiger partial charge in [-0.3, -0.25) is 14.2 Å². The van der Waals surface area contributed by atoms with Crippen molar-refractivity contribution < 1.29 is 4.79 Å². The number of rotatable bonds is 6. The first-order valence-electron chi connectivity index (χ1n) is 9.64. The van der Waals surface area contributed by atoms with Gasteiger partial charge in [-0.25, -0.2) is 4.98 Å². The summed E-state index contributed by atoms with van der Waals surface area (Å²) in [4.78, 5) is 31.1. The van der Waals surface area contributed by atoms with Gasteiger partial charge >= 0.3 is 0 Å². The van der Waals surface area contributed by atoms with Gasteiger partial charge in [0.15, 0.2) is 5.16 Å². The monoisotopic (exact) mass is 435 g/mol. The van der Waals surface area contributed by atoms with Gasteiger partial charge in [0.1, 0.15) is 4.70 Å². The molecule has 0 aliphatic carbocycles. The number of nitrogens with zero attached hydrogens (tertiary/aromatic N) is 2. The predicted octanol–water partition coefficient (Wildman–Crippen LogP) is 5.18. The van der Waals surface area contributed by atoms with Crippen LogP contribution < -0.4 is 10.9 Å². The van der Waals surface area contributed by atoms with Gasteiger partial charge in [0.05, 0.1) is 11.3 Å². The van der Waals surface area contributed by atoms with Crippen LogP contribution in [0.3, 0.4) is 0 Å². The van der Waals surface area contributed by atoms with E-state index >= 15 is 0 Å². The third kappa shape index (κ3) is 4.32. The van der Waals surface area contributed by atoms with Crippen LogP contribution in [0.25, 0.3) is 20.7 Å². The van der Waals surface area contributed by atoms with Crippen molar-refractivity contribution in [3.05, 3.63) is 76.6 Å². The number of nitrogens with one attached hydrogen (secondary N) is 1. The summed E-state index contributed by atoms with van der Waals surface area (Å²) in [5.41, 5.74) is 3.53. The number of fused-ring (bicyclic) bond motifs is 1. The molecule has 0 atom stereocenters. The average Bonchev–Trinajstić information content (AvgIpc) is 3.18. The highest BCUT2D eigenvalue weighted by molar-refractivity contribution is 7.99. The second-order valence-electron chi connectivity index (χ2n) is 6.84. The van der Waals surface area contributed by atoms with Crippen molar-refractivity contribution >= 4 is 44.9 Å². The van der Waals surface area contributed by atoms with Gasteiger partial charge in [0.25, 0.3) is 5.56 Å². The van der Waals surface area contributed by atoms with Gasteiger partial charge in [0.2, 0.25) is 5.91 Å². The lowest BCUT2D eigenvalue weighted by atomic mass is 10.2. The average molecular weight is 436 g/mol. The van der Waals surface area contributed by atoms with Crippen molar-refractivity contribution in [3.8, 4) is 10.4 Å². The van der Waals surface area contributed by atoms with Crippen LogP contribution >= 0.6 is 23.1 Å². The Labute approximate surface area is 182 Å². The maximum atomic E-state index is 13.0. The van der Waals surface area contributed by atoms with Crippen LogP contribution in [0.15, 0.2) is 70.6 Å². The molecule has 0 spiro atoms. The highest BCUT2D eigenvalue weighted by Crippen LogP contribution is 2.32. The molecule has 0 aliphatic rings. The maximum Gasteiger partial charge on any atom is 0.272 e. The first-order chi connectivity index (χ1) is 14.5. The molecule has 1 N–H and O–H groups in total. The molecule has 0 saturated heterocycles. The van der Waals surface area contributed by atoms with E-state index in [2.05, 4.69) is 5.32 Å². The molecule has 0 aliphatic heterocycles. The summed E-state index contributed by atoms with van der Waals surface area (Å²) in [6.45, 7) is 4.40. The van der Waals surface area contributed by atoms with E-state index in [0.717, 1.165) is 21.7 Å². The molecule has 0 unspecified atom stereocenters. The fraction of sp³-hybridized carbons (Fsp3) is 0.174. The van der Waals surface area contributed by atoms with E-state index in [1.165, 1.54) is 23.1 Å². The molecule has 2 aromatic carbocycles. The predicted molar refractivity (Wildman–Crippen MR) is 126 cm³/mol. The number of carbonyl (C=O) groups is 1. The van der Waals surface area contributed by atoms with Crippen LogP contribution in [0.4, 0.5) is 5.69 Å². The zero-order valence-corrected chi connectivity index (χ0v) is 18.3. The highest BCUT2D eigenvalue weighted by Gasteiger charge is 2.15. The van der Waals surface area contributed by atoms with Crippen LogP contribution in [-0.4, -0.2) is 21.2 Å². The largest absolute Gasteiger partial charge is 0.325 e.